The third kappa shape index (κ3) is 75.4. The van der Waals surface area contributed by atoms with Crippen LogP contribution in [0.2, 0.25) is 0 Å². The fourth-order valence-corrected chi connectivity index (χ4v) is 3.58. The van der Waals surface area contributed by atoms with E-state index in [1.54, 1.807) is 0 Å². The number of rotatable bonds is 26. The summed E-state index contributed by atoms with van der Waals surface area (Å²) < 4.78 is 27.8. The zero-order valence-corrected chi connectivity index (χ0v) is 33.6. The molecule has 0 aromatic carbocycles. The van der Waals surface area contributed by atoms with Crippen molar-refractivity contribution in [2.75, 3.05) is 46.2 Å². The molecule has 7 unspecified atom stereocenters. The number of nitrogens with zero attached hydrogens (tertiary/aromatic N) is 4. The highest BCUT2D eigenvalue weighted by Gasteiger charge is 2.15. The molecule has 56 heavy (non-hydrogen) atoms. The number of unbranched alkanes of at least 4 members (excludes halogenated alkanes) is 3. The maximum Gasteiger partial charge on any atom is 0.373 e. The Morgan fingerprint density at radius 1 is 0.625 bits per heavy atom. The first-order valence-electron chi connectivity index (χ1n) is 14.4. The molecular weight excluding hydrogens is 844 g/mol. The Morgan fingerprint density at radius 2 is 1.02 bits per heavy atom. The van der Waals surface area contributed by atoms with Crippen LogP contribution in [0.15, 0.2) is 12.3 Å². The van der Waals surface area contributed by atoms with Gasteiger partial charge in [0.15, 0.2) is 0 Å². The van der Waals surface area contributed by atoms with Crippen molar-refractivity contribution < 1.29 is 86.4 Å². The summed E-state index contributed by atoms with van der Waals surface area (Å²) in [6.07, 6.45) is 6.61. The average Bonchev–Trinajstić information content (AvgIpc) is 3.06. The maximum absolute atomic E-state index is 10.5. The number of esters is 2. The van der Waals surface area contributed by atoms with Crippen molar-refractivity contribution in [2.45, 2.75) is 87.4 Å². The molecule has 30 heteroatoms. The van der Waals surface area contributed by atoms with Crippen molar-refractivity contribution in [1.82, 2.24) is 0 Å². The van der Waals surface area contributed by atoms with E-state index in [1.807, 2.05) is 28.4 Å². The van der Waals surface area contributed by atoms with Gasteiger partial charge in [-0.15, -0.1) is 40.5 Å². The van der Waals surface area contributed by atoms with Crippen LogP contribution in [0, 0.1) is 46.4 Å². The van der Waals surface area contributed by atoms with Gasteiger partial charge in [-0.2, -0.15) is 9.59 Å². The predicted molar refractivity (Wildman–Crippen MR) is 207 cm³/mol. The fourth-order valence-electron chi connectivity index (χ4n) is 2.77. The van der Waals surface area contributed by atoms with Crippen LogP contribution >= 0.6 is 37.9 Å². The smallest absolute Gasteiger partial charge is 0.373 e. The second-order valence-electron chi connectivity index (χ2n) is 8.85. The Bertz CT molecular complexity index is 991. The third-order valence-electron chi connectivity index (χ3n) is 4.61. The Labute approximate surface area is 334 Å². The Morgan fingerprint density at radius 3 is 1.32 bits per heavy atom. The van der Waals surface area contributed by atoms with Crippen LogP contribution in [0.4, 0.5) is 0 Å². The van der Waals surface area contributed by atoms with E-state index in [9.17, 15) is 50.0 Å². The molecule has 0 aromatic rings. The minimum Gasteiger partial charge on any atom is -0.458 e. The van der Waals surface area contributed by atoms with Gasteiger partial charge >= 0.3 is 18.1 Å². The molecule has 0 radical (unpaired) electrons. The van der Waals surface area contributed by atoms with Crippen molar-refractivity contribution in [2.24, 2.45) is 5.92 Å². The van der Waals surface area contributed by atoms with Crippen molar-refractivity contribution in [3.63, 3.8) is 0 Å². The second kappa shape index (κ2) is 55.8. The van der Waals surface area contributed by atoms with Crippen LogP contribution in [0.25, 0.3) is 0 Å². The molecule has 0 aliphatic rings. The standard InChI is InChI=1S/C9H20NO4P.2C5H10NO6P.C3H6NO4P.CO2.3CH4/c1-2-3-4-5-6-9(8-14-15)7-13-10(11)12;2*1-4(7)12-5(3-11-13)2-10-6(8)9;5-4(6)7-2-1-3-8-9;2-1-3;;;/h9H,2-8,15H2,1H3;2*5H,2-3,13H2,1H3;1-2H,3,9H2;;3*1H4/b;;;2-1-;;;;. The van der Waals surface area contributed by atoms with Crippen molar-refractivity contribution in [3.05, 3.63) is 52.8 Å². The largest absolute Gasteiger partial charge is 0.458 e. The molecular formula is C26H58N4O22P4. The van der Waals surface area contributed by atoms with E-state index in [4.69, 9.17) is 14.1 Å². The summed E-state index contributed by atoms with van der Waals surface area (Å²) in [6.45, 7) is 4.83. The van der Waals surface area contributed by atoms with Crippen LogP contribution in [-0.2, 0) is 66.1 Å². The van der Waals surface area contributed by atoms with E-state index >= 15 is 0 Å². The fraction of sp³-hybridized carbons (Fsp3) is 0.808. The van der Waals surface area contributed by atoms with E-state index in [0.717, 1.165) is 19.1 Å². The summed E-state index contributed by atoms with van der Waals surface area (Å²) in [7, 11) is 8.04. The summed E-state index contributed by atoms with van der Waals surface area (Å²) in [5.41, 5.74) is 0. The molecule has 0 aromatic heterocycles. The molecule has 0 saturated carbocycles. The summed E-state index contributed by atoms with van der Waals surface area (Å²) >= 11 is 0. The van der Waals surface area contributed by atoms with Gasteiger partial charge in [-0.1, -0.05) is 54.9 Å². The molecule has 0 spiro atoms. The first kappa shape index (κ1) is 70.2. The van der Waals surface area contributed by atoms with E-state index in [-0.39, 0.29) is 74.0 Å². The first-order valence-corrected chi connectivity index (χ1v) is 16.3. The van der Waals surface area contributed by atoms with Crippen LogP contribution in [-0.4, -0.2) is 96.9 Å². The number of ether oxygens (including phenoxy) is 2. The van der Waals surface area contributed by atoms with Crippen molar-refractivity contribution in [3.8, 4) is 0 Å². The molecule has 0 N–H and O–H groups in total. The highest BCUT2D eigenvalue weighted by atomic mass is 31.0. The molecule has 7 atom stereocenters. The van der Waals surface area contributed by atoms with Gasteiger partial charge < -0.3 is 42.1 Å². The van der Waals surface area contributed by atoms with Crippen LogP contribution in [0.1, 0.15) is 75.2 Å². The van der Waals surface area contributed by atoms with Gasteiger partial charge in [0.25, 0.3) is 20.3 Å². The minimum absolute atomic E-state index is 0. The summed E-state index contributed by atoms with van der Waals surface area (Å²) in [4.78, 5) is 92.4. The normalized spacial score (nSPS) is 10.6. The van der Waals surface area contributed by atoms with Crippen LogP contribution < -0.4 is 0 Å². The highest BCUT2D eigenvalue weighted by molar-refractivity contribution is 7.10. The molecule has 0 bridgehead atoms. The Hall–Kier alpha value is -3.58. The molecule has 0 heterocycles. The van der Waals surface area contributed by atoms with Gasteiger partial charge in [0.1, 0.15) is 32.0 Å². The molecule has 0 aliphatic carbocycles. The summed E-state index contributed by atoms with van der Waals surface area (Å²) in [5, 5.41) is 35.5. The lowest BCUT2D eigenvalue weighted by atomic mass is 10.0. The lowest BCUT2D eigenvalue weighted by Crippen LogP contribution is -2.27. The number of carbonyl (C=O) groups excluding carboxylic acids is 4. The summed E-state index contributed by atoms with van der Waals surface area (Å²) in [5.74, 6) is -0.970. The van der Waals surface area contributed by atoms with Crippen LogP contribution in [0.3, 0.4) is 0 Å². The molecule has 26 nitrogen and oxygen atoms in total. The summed E-state index contributed by atoms with van der Waals surface area (Å²) in [6, 6.07) is 0. The van der Waals surface area contributed by atoms with Gasteiger partial charge in [0.2, 0.25) is 0 Å². The predicted octanol–water partition coefficient (Wildman–Crippen LogP) is 4.29. The molecule has 0 amide bonds. The maximum atomic E-state index is 10.5. The number of carbonyl (C=O) groups is 2. The first-order chi connectivity index (χ1) is 25.0. The molecule has 334 valence electrons. The van der Waals surface area contributed by atoms with Crippen LogP contribution in [0.5, 0.6) is 0 Å². The van der Waals surface area contributed by atoms with E-state index < -0.39 is 44.5 Å². The number of hydrogen-bond acceptors (Lipinski definition) is 22. The topological polar surface area (TPSA) is 333 Å². The third-order valence-corrected chi connectivity index (χ3v) is 5.38. The lowest BCUT2D eigenvalue weighted by Gasteiger charge is -2.13. The van der Waals surface area contributed by atoms with E-state index in [2.05, 4.69) is 58.8 Å². The second-order valence-corrected chi connectivity index (χ2v) is 10.2. The van der Waals surface area contributed by atoms with Gasteiger partial charge in [0.05, 0.1) is 32.7 Å². The quantitative estimate of drug-likeness (QED) is 0.0292. The van der Waals surface area contributed by atoms with Gasteiger partial charge in [0, 0.05) is 57.6 Å². The number of hydrogen-bond donors (Lipinski definition) is 0. The van der Waals surface area contributed by atoms with Crippen molar-refractivity contribution >= 4 is 56.0 Å². The van der Waals surface area contributed by atoms with Gasteiger partial charge in [-0.25, -0.2) is 0 Å². The van der Waals surface area contributed by atoms with Gasteiger partial charge in [-0.3, -0.25) is 14.4 Å². The molecule has 0 aliphatic heterocycles. The van der Waals surface area contributed by atoms with Gasteiger partial charge in [-0.05, 0) is 12.5 Å². The van der Waals surface area contributed by atoms with Crippen molar-refractivity contribution in [1.29, 1.82) is 0 Å². The molecule has 0 fully saturated rings. The lowest BCUT2D eigenvalue weighted by molar-refractivity contribution is -0.759. The molecule has 0 saturated heterocycles. The average molecular weight is 903 g/mol. The zero-order valence-electron chi connectivity index (χ0n) is 29.0. The van der Waals surface area contributed by atoms with E-state index in [1.165, 1.54) is 39.2 Å². The monoisotopic (exact) mass is 902 g/mol. The minimum atomic E-state index is -0.959. The Balaban J connectivity index is -0.0000000886. The zero-order chi connectivity index (χ0) is 41.9. The SMILES string of the molecule is C.C.C.CC(=O)OC(COP)CO[N+](=O)[O-].CC(=O)OC(COP)CO[N+](=O)[O-].CCCCCCC(COP)CO[N+](=O)[O-].O=C=O.O=[N+]([O-])O/C=C\COP. The Kier molecular flexibility index (Phi) is 69.9. The molecule has 0 rings (SSSR count). The highest BCUT2D eigenvalue weighted by Crippen LogP contribution is 2.13. The van der Waals surface area contributed by atoms with E-state index in [0.29, 0.717) is 6.61 Å².